The zero-order chi connectivity index (χ0) is 31.6. The van der Waals surface area contributed by atoms with Gasteiger partial charge in [0.1, 0.15) is 46.8 Å². The van der Waals surface area contributed by atoms with E-state index in [1.54, 1.807) is 0 Å². The van der Waals surface area contributed by atoms with E-state index in [0.717, 1.165) is 25.1 Å². The highest BCUT2D eigenvalue weighted by Crippen LogP contribution is 2.27. The summed E-state index contributed by atoms with van der Waals surface area (Å²) in [6.07, 6.45) is -6.00. The summed E-state index contributed by atoms with van der Waals surface area (Å²) in [4.78, 5) is 0. The van der Waals surface area contributed by atoms with Gasteiger partial charge in [0.15, 0.2) is 52.4 Å². The Morgan fingerprint density at radius 3 is 0.952 bits per heavy atom. The van der Waals surface area contributed by atoms with Gasteiger partial charge in [0, 0.05) is 12.5 Å². The quantitative estimate of drug-likeness (QED) is 0.126. The maximum absolute atomic E-state index is 15.5. The maximum Gasteiger partial charge on any atom is 0.377 e. The molecule has 0 radical (unpaired) electrons. The molecule has 0 unspecified atom stereocenters. The second kappa shape index (κ2) is 10.6. The highest BCUT2D eigenvalue weighted by molar-refractivity contribution is 7.05. The van der Waals surface area contributed by atoms with Crippen molar-refractivity contribution in [1.82, 2.24) is 0 Å². The van der Waals surface area contributed by atoms with E-state index in [4.69, 9.17) is 0 Å². The van der Waals surface area contributed by atoms with E-state index in [1.807, 2.05) is 0 Å². The Morgan fingerprint density at radius 2 is 0.690 bits per heavy atom. The Morgan fingerprint density at radius 1 is 0.429 bits per heavy atom. The summed E-state index contributed by atoms with van der Waals surface area (Å²) in [5.74, 6) is -45.6. The fourth-order valence-electron chi connectivity index (χ4n) is 4.99. The van der Waals surface area contributed by atoms with E-state index in [2.05, 4.69) is 0 Å². The van der Waals surface area contributed by atoms with Crippen molar-refractivity contribution < 1.29 is 70.3 Å². The molecule has 17 heteroatoms. The van der Waals surface area contributed by atoms with Gasteiger partial charge in [0.2, 0.25) is 0 Å². The van der Waals surface area contributed by atoms with Crippen LogP contribution in [0, 0.1) is 87.3 Å². The molecule has 0 amide bonds. The van der Waals surface area contributed by atoms with Crippen LogP contribution in [0.5, 0.6) is 0 Å². The molecule has 0 fully saturated rings. The molecule has 222 valence electrons. The van der Waals surface area contributed by atoms with Gasteiger partial charge in [0.25, 0.3) is 0 Å². The number of pyridine rings is 1. The molecule has 0 atom stereocenters. The van der Waals surface area contributed by atoms with Crippen LogP contribution < -0.4 is 20.9 Å². The number of aryl methyl sites for hydroxylation is 1. The Bertz CT molecular complexity index is 1530. The average molecular weight is 619 g/mol. The summed E-state index contributed by atoms with van der Waals surface area (Å²) in [5.41, 5.74) is -8.72. The third kappa shape index (κ3) is 3.95. The third-order valence-electron chi connectivity index (χ3n) is 6.74. The van der Waals surface area contributed by atoms with E-state index < -0.39 is 122 Å². The summed E-state index contributed by atoms with van der Waals surface area (Å²) in [5, 5.41) is 0. The lowest BCUT2D eigenvalue weighted by Gasteiger charge is -2.39. The van der Waals surface area contributed by atoms with Crippen molar-refractivity contribution in [2.24, 2.45) is 0 Å². The van der Waals surface area contributed by atoms with Gasteiger partial charge in [-0.15, -0.1) is 0 Å². The van der Waals surface area contributed by atoms with Crippen molar-refractivity contribution in [3.8, 4) is 0 Å². The average Bonchev–Trinajstić information content (AvgIpc) is 2.98. The molecule has 4 aromatic rings. The molecule has 3 aromatic carbocycles. The van der Waals surface area contributed by atoms with Crippen molar-refractivity contribution in [3.05, 3.63) is 117 Å². The topological polar surface area (TPSA) is 3.88 Å². The normalized spacial score (nSPS) is 11.9. The predicted molar refractivity (Wildman–Crippen MR) is 115 cm³/mol. The van der Waals surface area contributed by atoms with Gasteiger partial charge in [0.05, 0.1) is 0 Å². The highest BCUT2D eigenvalue weighted by Gasteiger charge is 2.57. The molecule has 1 aromatic heterocycles. The molecular weight excluding hydrogens is 610 g/mol. The maximum atomic E-state index is 15.5. The van der Waals surface area contributed by atoms with Crippen molar-refractivity contribution in [2.75, 3.05) is 0 Å². The number of hydrogen-bond donors (Lipinski definition) is 0. The molecule has 42 heavy (non-hydrogen) atoms. The molecule has 1 heterocycles. The molecule has 4 rings (SSSR count). The first-order chi connectivity index (χ1) is 19.6. The molecule has 0 aliphatic heterocycles. The Labute approximate surface area is 224 Å². The predicted octanol–water partition coefficient (Wildman–Crippen LogP) is 5.14. The van der Waals surface area contributed by atoms with Gasteiger partial charge < -0.3 is 4.48 Å². The van der Waals surface area contributed by atoms with Crippen LogP contribution in [0.3, 0.4) is 0 Å². The molecule has 0 saturated heterocycles. The first kappa shape index (κ1) is 30.8. The Kier molecular flexibility index (Phi) is 7.76. The summed E-state index contributed by atoms with van der Waals surface area (Å²) in [6, 6.07) is 2.60. The fourth-order valence-corrected chi connectivity index (χ4v) is 4.99. The number of hydrogen-bond acceptors (Lipinski definition) is 0. The number of benzene rings is 3. The van der Waals surface area contributed by atoms with Crippen LogP contribution in [0.15, 0.2) is 24.4 Å². The highest BCUT2D eigenvalue weighted by atomic mass is 19.2. The fraction of sp³-hybridized carbons (Fsp3) is 0.0800. The van der Waals surface area contributed by atoms with Gasteiger partial charge >= 0.3 is 6.28 Å². The minimum absolute atomic E-state index is 0.0746. The monoisotopic (exact) mass is 619 g/mol. The number of halogens is 15. The van der Waals surface area contributed by atoms with E-state index in [1.165, 1.54) is 0 Å². The zero-order valence-electron chi connectivity index (χ0n) is 20.2. The van der Waals surface area contributed by atoms with Crippen LogP contribution in [0.4, 0.5) is 65.9 Å². The van der Waals surface area contributed by atoms with E-state index >= 15 is 26.3 Å². The molecule has 0 aliphatic rings. The second-order valence-electron chi connectivity index (χ2n) is 8.72. The summed E-state index contributed by atoms with van der Waals surface area (Å²) in [7, 11) is 0. The first-order valence-corrected chi connectivity index (χ1v) is 11.3. The number of nitrogens with zero attached hydrogens (tertiary/aromatic N) is 1. The van der Waals surface area contributed by atoms with Crippen LogP contribution >= 0.6 is 0 Å². The second-order valence-corrected chi connectivity index (χ2v) is 8.72. The molecule has 0 N–H and O–H groups in total. The lowest BCUT2D eigenvalue weighted by Crippen LogP contribution is -2.89. The lowest BCUT2D eigenvalue weighted by molar-refractivity contribution is -0.549. The summed E-state index contributed by atoms with van der Waals surface area (Å²) in [6.45, 7) is 1.13. The first-order valence-electron chi connectivity index (χ1n) is 11.3. The SMILES string of the molecule is CCc1cccc[n+]1[B-](c1c(F)c(F)c(F)c(F)c1F)(c1c(F)c(F)c(F)c(F)c1F)c1c(F)c(F)c(F)c(F)c1F. The third-order valence-corrected chi connectivity index (χ3v) is 6.74. The smallest absolute Gasteiger partial charge is 0.377 e. The van der Waals surface area contributed by atoms with Crippen molar-refractivity contribution in [2.45, 2.75) is 13.3 Å². The van der Waals surface area contributed by atoms with Crippen molar-refractivity contribution >= 4 is 22.7 Å². The van der Waals surface area contributed by atoms with E-state index in [9.17, 15) is 39.5 Å². The summed E-state index contributed by atoms with van der Waals surface area (Å²) >= 11 is 0. The van der Waals surface area contributed by atoms with Crippen LogP contribution in [-0.4, -0.2) is 6.28 Å². The minimum Gasteiger partial charge on any atom is -0.412 e. The lowest BCUT2D eigenvalue weighted by atomic mass is 9.23. The number of aromatic nitrogens is 1. The Hall–Kier alpha value is -4.18. The molecule has 0 aliphatic carbocycles. The molecule has 0 saturated carbocycles. The largest absolute Gasteiger partial charge is 0.412 e. The summed E-state index contributed by atoms with van der Waals surface area (Å²) < 4.78 is 223. The zero-order valence-corrected chi connectivity index (χ0v) is 20.2. The molecule has 0 spiro atoms. The van der Waals surface area contributed by atoms with Crippen LogP contribution in [-0.2, 0) is 6.42 Å². The molecular formula is C25H9BF15N. The van der Waals surface area contributed by atoms with Gasteiger partial charge in [-0.25, -0.2) is 65.9 Å². The van der Waals surface area contributed by atoms with Crippen molar-refractivity contribution in [1.29, 1.82) is 0 Å². The number of rotatable bonds is 5. The van der Waals surface area contributed by atoms with Crippen molar-refractivity contribution in [3.63, 3.8) is 0 Å². The van der Waals surface area contributed by atoms with Crippen LogP contribution in [0.25, 0.3) is 0 Å². The molecule has 1 nitrogen and oxygen atoms in total. The van der Waals surface area contributed by atoms with Gasteiger partial charge in [-0.1, -0.05) is 13.0 Å². The van der Waals surface area contributed by atoms with Gasteiger partial charge in [-0.2, -0.15) is 0 Å². The van der Waals surface area contributed by atoms with Gasteiger partial charge in [-0.05, 0) is 22.5 Å². The van der Waals surface area contributed by atoms with Gasteiger partial charge in [-0.3, -0.25) is 0 Å². The Balaban J connectivity index is 2.60. The van der Waals surface area contributed by atoms with Crippen LogP contribution in [0.2, 0.25) is 0 Å². The van der Waals surface area contributed by atoms with E-state index in [0.29, 0.717) is 6.20 Å². The standard InChI is InChI=1S/C25H9BF15N/c1-2-7-5-3-4-6-42(7)26(8-11(27)17(33)23(39)18(34)12(8)28,9-13(29)19(35)24(40)20(36)14(9)30)10-15(31)21(37)25(41)22(38)16(10)32/h3-6H,2H2,1H3. The minimum atomic E-state index is -5.83. The molecule has 0 bridgehead atoms. The van der Waals surface area contributed by atoms with E-state index in [-0.39, 0.29) is 4.48 Å². The van der Waals surface area contributed by atoms with Crippen LogP contribution in [0.1, 0.15) is 12.6 Å².